The molecule has 0 amide bonds. The van der Waals surface area contributed by atoms with Gasteiger partial charge in [-0.25, -0.2) is 4.98 Å². The molecular formula is C15H13N3. The van der Waals surface area contributed by atoms with E-state index in [0.717, 1.165) is 27.9 Å². The average Bonchev–Trinajstić information content (AvgIpc) is 2.41. The van der Waals surface area contributed by atoms with Crippen molar-refractivity contribution in [1.82, 2.24) is 9.97 Å². The molecule has 2 N–H and O–H groups in total. The lowest BCUT2D eigenvalue weighted by Gasteiger charge is -2.07. The van der Waals surface area contributed by atoms with Gasteiger partial charge < -0.3 is 5.73 Å². The molecule has 88 valence electrons. The van der Waals surface area contributed by atoms with E-state index < -0.39 is 0 Å². The Bertz CT molecular complexity index is 720. The summed E-state index contributed by atoms with van der Waals surface area (Å²) in [7, 11) is 0. The van der Waals surface area contributed by atoms with Gasteiger partial charge in [0.15, 0.2) is 0 Å². The summed E-state index contributed by atoms with van der Waals surface area (Å²) in [5.74, 6) is 0. The number of nitrogen functional groups attached to an aromatic ring is 1. The number of nitrogens with zero attached hydrogens (tertiary/aromatic N) is 2. The van der Waals surface area contributed by atoms with Crippen LogP contribution in [0.1, 0.15) is 5.56 Å². The summed E-state index contributed by atoms with van der Waals surface area (Å²) in [5.41, 5.74) is 10.3. The van der Waals surface area contributed by atoms with Crippen molar-refractivity contribution in [2.75, 3.05) is 5.73 Å². The van der Waals surface area contributed by atoms with Crippen molar-refractivity contribution in [3.63, 3.8) is 0 Å². The molecular weight excluding hydrogens is 222 g/mol. The van der Waals surface area contributed by atoms with E-state index in [1.165, 1.54) is 0 Å². The third kappa shape index (κ3) is 1.70. The number of fused-ring (bicyclic) bond motifs is 1. The lowest BCUT2D eigenvalue weighted by atomic mass is 10.1. The highest BCUT2D eigenvalue weighted by atomic mass is 14.8. The summed E-state index contributed by atoms with van der Waals surface area (Å²) in [6.07, 6.45) is 1.76. The Morgan fingerprint density at radius 3 is 2.72 bits per heavy atom. The number of aryl methyl sites for hydroxylation is 1. The second kappa shape index (κ2) is 4.11. The van der Waals surface area contributed by atoms with E-state index in [4.69, 9.17) is 5.73 Å². The second-order valence-electron chi connectivity index (χ2n) is 4.28. The molecule has 0 saturated heterocycles. The van der Waals surface area contributed by atoms with E-state index in [1.807, 2.05) is 49.4 Å². The van der Waals surface area contributed by atoms with Crippen LogP contribution in [0.3, 0.4) is 0 Å². The first kappa shape index (κ1) is 10.7. The van der Waals surface area contributed by atoms with Crippen molar-refractivity contribution in [3.05, 3.63) is 54.2 Å². The highest BCUT2D eigenvalue weighted by Crippen LogP contribution is 2.25. The van der Waals surface area contributed by atoms with Crippen LogP contribution in [0.4, 0.5) is 5.69 Å². The van der Waals surface area contributed by atoms with Crippen LogP contribution >= 0.6 is 0 Å². The van der Waals surface area contributed by atoms with E-state index in [1.54, 1.807) is 6.20 Å². The minimum atomic E-state index is 0.695. The van der Waals surface area contributed by atoms with Crippen LogP contribution in [0, 0.1) is 6.92 Å². The predicted molar refractivity (Wildman–Crippen MR) is 74.1 cm³/mol. The first-order valence-electron chi connectivity index (χ1n) is 5.83. The third-order valence-electron chi connectivity index (χ3n) is 3.05. The SMILES string of the molecule is Cc1ccnc(-c2ccc3ccccc3n2)c1N. The largest absolute Gasteiger partial charge is 0.397 e. The Labute approximate surface area is 105 Å². The van der Waals surface area contributed by atoms with Crippen LogP contribution < -0.4 is 5.73 Å². The van der Waals surface area contributed by atoms with Gasteiger partial charge >= 0.3 is 0 Å². The summed E-state index contributed by atoms with van der Waals surface area (Å²) in [6, 6.07) is 13.9. The van der Waals surface area contributed by atoms with Crippen molar-refractivity contribution < 1.29 is 0 Å². The minimum absolute atomic E-state index is 0.695. The Morgan fingerprint density at radius 1 is 1.00 bits per heavy atom. The summed E-state index contributed by atoms with van der Waals surface area (Å²) < 4.78 is 0. The Kier molecular flexibility index (Phi) is 2.45. The maximum Gasteiger partial charge on any atom is 0.112 e. The van der Waals surface area contributed by atoms with Gasteiger partial charge in [-0.05, 0) is 30.7 Å². The Hall–Kier alpha value is -2.42. The summed E-state index contributed by atoms with van der Waals surface area (Å²) in [4.78, 5) is 8.93. The second-order valence-corrected chi connectivity index (χ2v) is 4.28. The minimum Gasteiger partial charge on any atom is -0.397 e. The van der Waals surface area contributed by atoms with Gasteiger partial charge in [-0.15, -0.1) is 0 Å². The first-order chi connectivity index (χ1) is 8.75. The average molecular weight is 235 g/mol. The number of hydrogen-bond donors (Lipinski definition) is 1. The number of anilines is 1. The molecule has 0 spiro atoms. The number of nitrogens with two attached hydrogens (primary N) is 1. The Balaban J connectivity index is 2.22. The fourth-order valence-electron chi connectivity index (χ4n) is 1.97. The Morgan fingerprint density at radius 2 is 1.83 bits per heavy atom. The van der Waals surface area contributed by atoms with E-state index in [-0.39, 0.29) is 0 Å². The van der Waals surface area contributed by atoms with Crippen LogP contribution in [0.25, 0.3) is 22.3 Å². The predicted octanol–water partition coefficient (Wildman–Crippen LogP) is 3.19. The molecule has 3 aromatic rings. The molecule has 0 saturated carbocycles. The molecule has 0 unspecified atom stereocenters. The molecule has 0 aliphatic heterocycles. The van der Waals surface area contributed by atoms with Crippen LogP contribution in [0.2, 0.25) is 0 Å². The number of rotatable bonds is 1. The fraction of sp³-hybridized carbons (Fsp3) is 0.0667. The van der Waals surface area contributed by atoms with Gasteiger partial charge in [0.05, 0.1) is 16.9 Å². The fourth-order valence-corrected chi connectivity index (χ4v) is 1.97. The molecule has 3 nitrogen and oxygen atoms in total. The molecule has 0 fully saturated rings. The lowest BCUT2D eigenvalue weighted by molar-refractivity contribution is 1.25. The van der Waals surface area contributed by atoms with Crippen LogP contribution in [0.5, 0.6) is 0 Å². The zero-order chi connectivity index (χ0) is 12.5. The summed E-state index contributed by atoms with van der Waals surface area (Å²) in [6.45, 7) is 1.97. The summed E-state index contributed by atoms with van der Waals surface area (Å²) in [5, 5.41) is 1.12. The van der Waals surface area contributed by atoms with E-state index in [0.29, 0.717) is 5.69 Å². The van der Waals surface area contributed by atoms with Gasteiger partial charge in [-0.2, -0.15) is 0 Å². The number of hydrogen-bond acceptors (Lipinski definition) is 3. The molecule has 3 rings (SSSR count). The molecule has 0 radical (unpaired) electrons. The van der Waals surface area contributed by atoms with Crippen molar-refractivity contribution in [2.24, 2.45) is 0 Å². The van der Waals surface area contributed by atoms with Gasteiger partial charge in [0.25, 0.3) is 0 Å². The molecule has 0 atom stereocenters. The van der Waals surface area contributed by atoms with E-state index in [9.17, 15) is 0 Å². The maximum atomic E-state index is 6.06. The summed E-state index contributed by atoms with van der Waals surface area (Å²) >= 11 is 0. The van der Waals surface area contributed by atoms with E-state index in [2.05, 4.69) is 9.97 Å². The highest BCUT2D eigenvalue weighted by Gasteiger charge is 2.08. The monoisotopic (exact) mass is 235 g/mol. The van der Waals surface area contributed by atoms with E-state index >= 15 is 0 Å². The lowest BCUT2D eigenvalue weighted by Crippen LogP contribution is -1.97. The number of para-hydroxylation sites is 1. The third-order valence-corrected chi connectivity index (χ3v) is 3.05. The van der Waals surface area contributed by atoms with Crippen molar-refractivity contribution in [2.45, 2.75) is 6.92 Å². The molecule has 3 heteroatoms. The van der Waals surface area contributed by atoms with Gasteiger partial charge in [0.1, 0.15) is 5.69 Å². The first-order valence-corrected chi connectivity index (χ1v) is 5.83. The van der Waals surface area contributed by atoms with Crippen LogP contribution in [-0.2, 0) is 0 Å². The van der Waals surface area contributed by atoms with Crippen molar-refractivity contribution in [3.8, 4) is 11.4 Å². The van der Waals surface area contributed by atoms with Gasteiger partial charge in [0, 0.05) is 11.6 Å². The zero-order valence-electron chi connectivity index (χ0n) is 10.1. The normalized spacial score (nSPS) is 10.7. The molecule has 0 bridgehead atoms. The van der Waals surface area contributed by atoms with Crippen molar-refractivity contribution >= 4 is 16.6 Å². The molecule has 2 heterocycles. The highest BCUT2D eigenvalue weighted by molar-refractivity contribution is 5.83. The molecule has 1 aromatic carbocycles. The van der Waals surface area contributed by atoms with Gasteiger partial charge in [-0.1, -0.05) is 24.3 Å². The van der Waals surface area contributed by atoms with Crippen LogP contribution in [0.15, 0.2) is 48.7 Å². The molecule has 18 heavy (non-hydrogen) atoms. The topological polar surface area (TPSA) is 51.8 Å². The van der Waals surface area contributed by atoms with Gasteiger partial charge in [-0.3, -0.25) is 4.98 Å². The molecule has 0 aliphatic rings. The zero-order valence-corrected chi connectivity index (χ0v) is 10.1. The number of pyridine rings is 2. The van der Waals surface area contributed by atoms with Crippen molar-refractivity contribution in [1.29, 1.82) is 0 Å². The molecule has 0 aliphatic carbocycles. The maximum absolute atomic E-state index is 6.06. The smallest absolute Gasteiger partial charge is 0.112 e. The molecule has 2 aromatic heterocycles. The van der Waals surface area contributed by atoms with Gasteiger partial charge in [0.2, 0.25) is 0 Å². The number of benzene rings is 1. The van der Waals surface area contributed by atoms with Crippen LogP contribution in [-0.4, -0.2) is 9.97 Å². The standard InChI is InChI=1S/C15H13N3/c1-10-8-9-17-15(14(10)16)13-7-6-11-4-2-3-5-12(11)18-13/h2-9H,16H2,1H3. The number of aromatic nitrogens is 2. The quantitative estimate of drug-likeness (QED) is 0.704.